The van der Waals surface area contributed by atoms with Crippen molar-refractivity contribution in [1.29, 1.82) is 0 Å². The Morgan fingerprint density at radius 3 is 2.88 bits per heavy atom. The molecule has 0 spiro atoms. The molecule has 0 bridgehead atoms. The first kappa shape index (κ1) is 13.6. The average Bonchev–Trinajstić information content (AvgIpc) is 2.64. The third-order valence-corrected chi connectivity index (χ3v) is 2.96. The number of ether oxygens (including phenoxy) is 1. The second kappa shape index (κ2) is 7.01. The van der Waals surface area contributed by atoms with Gasteiger partial charge < -0.3 is 10.1 Å². The molecule has 0 aromatic carbocycles. The van der Waals surface area contributed by atoms with Crippen molar-refractivity contribution < 1.29 is 14.3 Å². The maximum absolute atomic E-state index is 11.3. The van der Waals surface area contributed by atoms with Gasteiger partial charge in [-0.3, -0.25) is 9.59 Å². The molecular formula is C11H16N2O3S. The summed E-state index contributed by atoms with van der Waals surface area (Å²) in [7, 11) is 0. The molecule has 0 unspecified atom stereocenters. The molecule has 0 aliphatic carbocycles. The van der Waals surface area contributed by atoms with Crippen LogP contribution in [0.1, 0.15) is 24.0 Å². The first-order valence-corrected chi connectivity index (χ1v) is 6.33. The van der Waals surface area contributed by atoms with E-state index in [1.54, 1.807) is 18.3 Å². The van der Waals surface area contributed by atoms with Crippen molar-refractivity contribution in [2.24, 2.45) is 0 Å². The van der Waals surface area contributed by atoms with Gasteiger partial charge in [-0.2, -0.15) is 0 Å². The fraction of sp³-hybridized carbons (Fsp3) is 0.545. The Morgan fingerprint density at radius 1 is 1.53 bits per heavy atom. The lowest BCUT2D eigenvalue weighted by atomic mass is 10.3. The Hall–Kier alpha value is -1.43. The summed E-state index contributed by atoms with van der Waals surface area (Å²) in [4.78, 5) is 26.6. The monoisotopic (exact) mass is 256 g/mol. The van der Waals surface area contributed by atoms with Crippen LogP contribution in [0.25, 0.3) is 0 Å². The van der Waals surface area contributed by atoms with Crippen LogP contribution in [0, 0.1) is 6.92 Å². The molecular weight excluding hydrogens is 240 g/mol. The number of aromatic nitrogens is 1. The zero-order valence-electron chi connectivity index (χ0n) is 9.99. The number of hydrogen-bond acceptors (Lipinski definition) is 5. The second-order valence-corrected chi connectivity index (χ2v) is 4.41. The van der Waals surface area contributed by atoms with Crippen LogP contribution >= 0.6 is 11.3 Å². The molecule has 0 aliphatic heterocycles. The predicted molar refractivity (Wildman–Crippen MR) is 64.8 cm³/mol. The lowest BCUT2D eigenvalue weighted by Gasteiger charge is -2.03. The van der Waals surface area contributed by atoms with E-state index in [1.807, 2.05) is 12.3 Å². The van der Waals surface area contributed by atoms with Gasteiger partial charge in [0, 0.05) is 24.0 Å². The van der Waals surface area contributed by atoms with Crippen molar-refractivity contribution in [2.45, 2.75) is 26.7 Å². The van der Waals surface area contributed by atoms with Crippen LogP contribution in [-0.2, 0) is 20.7 Å². The summed E-state index contributed by atoms with van der Waals surface area (Å²) < 4.78 is 4.67. The zero-order valence-corrected chi connectivity index (χ0v) is 10.8. The highest BCUT2D eigenvalue weighted by atomic mass is 32.1. The van der Waals surface area contributed by atoms with Gasteiger partial charge in [0.15, 0.2) is 0 Å². The van der Waals surface area contributed by atoms with Crippen LogP contribution in [0.15, 0.2) is 5.38 Å². The Balaban J connectivity index is 2.18. The maximum atomic E-state index is 11.3. The van der Waals surface area contributed by atoms with Crippen LogP contribution in [-0.4, -0.2) is 30.0 Å². The largest absolute Gasteiger partial charge is 0.466 e. The molecule has 1 N–H and O–H groups in total. The van der Waals surface area contributed by atoms with Gasteiger partial charge in [-0.15, -0.1) is 11.3 Å². The van der Waals surface area contributed by atoms with E-state index in [2.05, 4.69) is 15.0 Å². The molecule has 0 aliphatic rings. The molecule has 1 aromatic rings. The first-order valence-electron chi connectivity index (χ1n) is 5.45. The molecule has 0 saturated heterocycles. The summed E-state index contributed by atoms with van der Waals surface area (Å²) in [5.41, 5.74) is 0.989. The number of aryl methyl sites for hydroxylation is 1. The van der Waals surface area contributed by atoms with E-state index in [9.17, 15) is 9.59 Å². The van der Waals surface area contributed by atoms with Crippen molar-refractivity contribution in [2.75, 3.05) is 13.2 Å². The first-order chi connectivity index (χ1) is 8.11. The summed E-state index contributed by atoms with van der Waals surface area (Å²) >= 11 is 1.57. The molecule has 1 rings (SSSR count). The van der Waals surface area contributed by atoms with E-state index < -0.39 is 5.97 Å². The highest BCUT2D eigenvalue weighted by molar-refractivity contribution is 7.09. The average molecular weight is 256 g/mol. The minimum atomic E-state index is -0.491. The Labute approximate surface area is 104 Å². The van der Waals surface area contributed by atoms with Crippen molar-refractivity contribution in [3.05, 3.63) is 16.1 Å². The Kier molecular flexibility index (Phi) is 5.62. The normalized spacial score (nSPS) is 10.0. The number of carbonyl (C=O) groups excluding carboxylic acids is 2. The van der Waals surface area contributed by atoms with E-state index in [4.69, 9.17) is 0 Å². The van der Waals surface area contributed by atoms with E-state index in [0.29, 0.717) is 19.6 Å². The SMILES string of the molecule is CCOC(=O)CC(=O)NCCc1nc(C)cs1. The van der Waals surface area contributed by atoms with Crippen molar-refractivity contribution >= 4 is 23.2 Å². The van der Waals surface area contributed by atoms with Crippen LogP contribution in [0.3, 0.4) is 0 Å². The lowest BCUT2D eigenvalue weighted by Crippen LogP contribution is -2.28. The molecule has 0 atom stereocenters. The minimum Gasteiger partial charge on any atom is -0.466 e. The molecule has 0 radical (unpaired) electrons. The number of amides is 1. The van der Waals surface area contributed by atoms with Gasteiger partial charge in [0.05, 0.1) is 11.6 Å². The summed E-state index contributed by atoms with van der Waals surface area (Å²) in [5, 5.41) is 5.61. The third kappa shape index (κ3) is 5.44. The molecule has 1 heterocycles. The van der Waals surface area contributed by atoms with Gasteiger partial charge in [-0.05, 0) is 13.8 Å². The van der Waals surface area contributed by atoms with Gasteiger partial charge >= 0.3 is 5.97 Å². The molecule has 1 aromatic heterocycles. The molecule has 6 heteroatoms. The van der Waals surface area contributed by atoms with E-state index in [1.165, 1.54) is 0 Å². The molecule has 17 heavy (non-hydrogen) atoms. The summed E-state index contributed by atoms with van der Waals surface area (Å²) in [6, 6.07) is 0. The van der Waals surface area contributed by atoms with Crippen LogP contribution < -0.4 is 5.32 Å². The minimum absolute atomic E-state index is 0.218. The highest BCUT2D eigenvalue weighted by Gasteiger charge is 2.09. The number of thiazole rings is 1. The zero-order chi connectivity index (χ0) is 12.7. The molecule has 0 saturated carbocycles. The van der Waals surface area contributed by atoms with Gasteiger partial charge in [-0.1, -0.05) is 0 Å². The standard InChI is InChI=1S/C11H16N2O3S/c1-3-16-11(15)6-9(14)12-5-4-10-13-8(2)7-17-10/h7H,3-6H2,1-2H3,(H,12,14). The number of carbonyl (C=O) groups is 2. The van der Waals surface area contributed by atoms with E-state index >= 15 is 0 Å². The molecule has 1 amide bonds. The second-order valence-electron chi connectivity index (χ2n) is 3.46. The fourth-order valence-electron chi connectivity index (χ4n) is 1.23. The van der Waals surface area contributed by atoms with E-state index in [-0.39, 0.29) is 12.3 Å². The maximum Gasteiger partial charge on any atom is 0.315 e. The summed E-state index contributed by atoms with van der Waals surface area (Å²) in [6.07, 6.45) is 0.470. The number of rotatable bonds is 6. The molecule has 5 nitrogen and oxygen atoms in total. The van der Waals surface area contributed by atoms with Gasteiger partial charge in [0.1, 0.15) is 6.42 Å². The fourth-order valence-corrected chi connectivity index (χ4v) is 2.01. The van der Waals surface area contributed by atoms with Crippen LogP contribution in [0.5, 0.6) is 0 Å². The highest BCUT2D eigenvalue weighted by Crippen LogP contribution is 2.08. The number of esters is 1. The van der Waals surface area contributed by atoms with Crippen LogP contribution in [0.4, 0.5) is 0 Å². The summed E-state index contributed by atoms with van der Waals surface area (Å²) in [6.45, 7) is 4.43. The Bertz CT molecular complexity index is 390. The van der Waals surface area contributed by atoms with Gasteiger partial charge in [0.2, 0.25) is 5.91 Å². The smallest absolute Gasteiger partial charge is 0.315 e. The van der Waals surface area contributed by atoms with Crippen molar-refractivity contribution in [3.63, 3.8) is 0 Å². The molecule has 0 fully saturated rings. The predicted octanol–water partition coefficient (Wildman–Crippen LogP) is 1.06. The third-order valence-electron chi connectivity index (χ3n) is 1.94. The lowest BCUT2D eigenvalue weighted by molar-refractivity contribution is -0.145. The van der Waals surface area contributed by atoms with Crippen molar-refractivity contribution in [1.82, 2.24) is 10.3 Å². The number of nitrogens with zero attached hydrogens (tertiary/aromatic N) is 1. The number of hydrogen-bond donors (Lipinski definition) is 1. The quantitative estimate of drug-likeness (QED) is 0.610. The Morgan fingerprint density at radius 2 is 2.29 bits per heavy atom. The number of nitrogens with one attached hydrogen (secondary N) is 1. The summed E-state index contributed by atoms with van der Waals surface area (Å²) in [5.74, 6) is -0.799. The van der Waals surface area contributed by atoms with Crippen molar-refractivity contribution in [3.8, 4) is 0 Å². The van der Waals surface area contributed by atoms with Gasteiger partial charge in [-0.25, -0.2) is 4.98 Å². The topological polar surface area (TPSA) is 68.3 Å². The van der Waals surface area contributed by atoms with Gasteiger partial charge in [0.25, 0.3) is 0 Å². The molecule has 94 valence electrons. The van der Waals surface area contributed by atoms with E-state index in [0.717, 1.165) is 10.7 Å². The van der Waals surface area contributed by atoms with Crippen LogP contribution in [0.2, 0.25) is 0 Å².